The lowest BCUT2D eigenvalue weighted by atomic mass is 10.0. The number of nitrogens with zero attached hydrogens (tertiary/aromatic N) is 3. The number of anilines is 1. The molecule has 0 radical (unpaired) electrons. The number of allylic oxidation sites excluding steroid dienone is 1. The monoisotopic (exact) mass is 539 g/mol. The van der Waals surface area contributed by atoms with Gasteiger partial charge in [-0.3, -0.25) is 10.2 Å². The number of hydrogen-bond donors (Lipinski definition) is 2. The second-order valence-electron chi connectivity index (χ2n) is 9.15. The molecule has 8 heteroatoms. The van der Waals surface area contributed by atoms with Gasteiger partial charge in [-0.15, -0.1) is 0 Å². The zero-order valence-corrected chi connectivity index (χ0v) is 23.1. The predicted molar refractivity (Wildman–Crippen MR) is 155 cm³/mol. The first-order valence-corrected chi connectivity index (χ1v) is 13.5. The van der Waals surface area contributed by atoms with Gasteiger partial charge in [-0.05, 0) is 76.4 Å². The summed E-state index contributed by atoms with van der Waals surface area (Å²) in [6.45, 7) is 6.38. The van der Waals surface area contributed by atoms with Crippen molar-refractivity contribution in [1.29, 1.82) is 0 Å². The van der Waals surface area contributed by atoms with Crippen LogP contribution < -0.4 is 16.2 Å². The number of carbonyl (C=O) groups is 1. The quantitative estimate of drug-likeness (QED) is 0.171. The largest absolute Gasteiger partial charge is 0.330 e. The summed E-state index contributed by atoms with van der Waals surface area (Å²) >= 11 is 12.8. The van der Waals surface area contributed by atoms with Crippen molar-refractivity contribution >= 4 is 46.7 Å². The van der Waals surface area contributed by atoms with Crippen LogP contribution in [0.25, 0.3) is 5.70 Å². The third-order valence-electron chi connectivity index (χ3n) is 5.89. The van der Waals surface area contributed by atoms with E-state index in [-0.39, 0.29) is 5.91 Å². The molecule has 196 valence electrons. The number of carbonyl (C=O) groups excluding carboxylic acids is 1. The summed E-state index contributed by atoms with van der Waals surface area (Å²) in [4.78, 5) is 12.7. The van der Waals surface area contributed by atoms with E-state index in [1.165, 1.54) is 12.6 Å². The van der Waals surface area contributed by atoms with Crippen molar-refractivity contribution in [2.24, 2.45) is 10.8 Å². The Kier molecular flexibility index (Phi) is 11.5. The first kappa shape index (κ1) is 28.7. The van der Waals surface area contributed by atoms with Crippen molar-refractivity contribution in [2.45, 2.75) is 52.4 Å². The maximum atomic E-state index is 12.7. The van der Waals surface area contributed by atoms with Gasteiger partial charge in [0, 0.05) is 35.7 Å². The number of nitrogens with two attached hydrogens (primary N) is 1. The van der Waals surface area contributed by atoms with E-state index < -0.39 is 0 Å². The molecule has 2 aromatic rings. The minimum atomic E-state index is -0.287. The summed E-state index contributed by atoms with van der Waals surface area (Å²) in [5, 5.41) is 9.18. The van der Waals surface area contributed by atoms with Gasteiger partial charge in [0.25, 0.3) is 5.91 Å². The summed E-state index contributed by atoms with van der Waals surface area (Å²) in [6.07, 6.45) is 7.44. The van der Waals surface area contributed by atoms with Gasteiger partial charge >= 0.3 is 0 Å². The fourth-order valence-electron chi connectivity index (χ4n) is 4.05. The number of hydrazone groups is 1. The summed E-state index contributed by atoms with van der Waals surface area (Å²) in [5.74, 6) is 6.13. The first-order chi connectivity index (χ1) is 17.9. The average molecular weight is 541 g/mol. The molecule has 0 aliphatic carbocycles. The molecule has 1 fully saturated rings. The molecular formula is C29H35Cl2N5O. The van der Waals surface area contributed by atoms with Crippen LogP contribution in [-0.2, 0) is 4.79 Å². The molecule has 0 saturated carbocycles. The standard InChI is InChI=1S/C29H35Cl2N5O/c1-22(2)29(24-13-11-23(12-14-24)10-6-3-4-7-17-32)36(27-16-15-25(30)20-26(27)31)33-21-28(37)34-35-18-8-5-9-19-35/h11-16,20-21H,3-5,7-9,17-19,32H2,1-2H3,(H,34,37)/b33-21+. The highest BCUT2D eigenvalue weighted by atomic mass is 35.5. The maximum absolute atomic E-state index is 12.7. The van der Waals surface area contributed by atoms with Gasteiger partial charge in [0.1, 0.15) is 6.21 Å². The SMILES string of the molecule is CC(C)=C(c1ccc(C#CCCCCN)cc1)N(/N=C/C(=O)NN1CCCCC1)c1ccc(Cl)cc1Cl. The van der Waals surface area contributed by atoms with Crippen LogP contribution in [0.2, 0.25) is 10.0 Å². The number of unbranched alkanes of at least 4 members (excludes halogenated alkanes) is 2. The number of hydrogen-bond acceptors (Lipinski definition) is 5. The number of halogens is 2. The molecule has 3 rings (SSSR count). The van der Waals surface area contributed by atoms with E-state index in [1.54, 1.807) is 23.2 Å². The smallest absolute Gasteiger partial charge is 0.278 e. The molecule has 1 amide bonds. The number of benzene rings is 2. The summed E-state index contributed by atoms with van der Waals surface area (Å²) in [6, 6.07) is 13.2. The average Bonchev–Trinajstić information content (AvgIpc) is 2.88. The van der Waals surface area contributed by atoms with Crippen molar-refractivity contribution in [3.63, 3.8) is 0 Å². The Bertz CT molecular complexity index is 1170. The Morgan fingerprint density at radius 3 is 2.49 bits per heavy atom. The summed E-state index contributed by atoms with van der Waals surface area (Å²) in [5.41, 5.74) is 12.8. The summed E-state index contributed by atoms with van der Waals surface area (Å²) < 4.78 is 0. The van der Waals surface area contributed by atoms with Crippen molar-refractivity contribution in [1.82, 2.24) is 10.4 Å². The maximum Gasteiger partial charge on any atom is 0.278 e. The molecule has 6 nitrogen and oxygen atoms in total. The van der Waals surface area contributed by atoms with Gasteiger partial charge in [0.15, 0.2) is 0 Å². The van der Waals surface area contributed by atoms with Gasteiger partial charge in [-0.25, -0.2) is 10.0 Å². The van der Waals surface area contributed by atoms with Crippen LogP contribution in [0.15, 0.2) is 53.1 Å². The van der Waals surface area contributed by atoms with E-state index in [1.807, 2.05) is 43.1 Å². The Morgan fingerprint density at radius 2 is 1.84 bits per heavy atom. The second kappa shape index (κ2) is 14.8. The minimum Gasteiger partial charge on any atom is -0.330 e. The summed E-state index contributed by atoms with van der Waals surface area (Å²) in [7, 11) is 0. The molecule has 0 unspecified atom stereocenters. The number of nitrogens with one attached hydrogen (secondary N) is 1. The normalized spacial score (nSPS) is 13.6. The van der Waals surface area contributed by atoms with Gasteiger partial charge in [0.05, 0.1) is 16.4 Å². The Morgan fingerprint density at radius 1 is 1.11 bits per heavy atom. The van der Waals surface area contributed by atoms with Gasteiger partial charge in [0.2, 0.25) is 0 Å². The molecule has 0 spiro atoms. The van der Waals surface area contributed by atoms with Crippen LogP contribution in [0.3, 0.4) is 0 Å². The van der Waals surface area contributed by atoms with E-state index >= 15 is 0 Å². The van der Waals surface area contributed by atoms with E-state index in [2.05, 4.69) is 22.4 Å². The minimum absolute atomic E-state index is 0.287. The second-order valence-corrected chi connectivity index (χ2v) is 9.99. The third kappa shape index (κ3) is 8.91. The van der Waals surface area contributed by atoms with Crippen LogP contribution in [0.5, 0.6) is 0 Å². The first-order valence-electron chi connectivity index (χ1n) is 12.7. The molecule has 0 atom stereocenters. The zero-order chi connectivity index (χ0) is 26.6. The van der Waals surface area contributed by atoms with E-state index in [0.717, 1.165) is 67.6 Å². The van der Waals surface area contributed by atoms with Gasteiger partial charge in [-0.1, -0.05) is 59.2 Å². The molecular weight excluding hydrogens is 505 g/mol. The van der Waals surface area contributed by atoms with Crippen molar-refractivity contribution in [3.05, 3.63) is 69.2 Å². The van der Waals surface area contributed by atoms with Crippen LogP contribution in [0, 0.1) is 11.8 Å². The third-order valence-corrected chi connectivity index (χ3v) is 6.42. The Hall–Kier alpha value is -2.82. The Labute approximate surface area is 230 Å². The fourth-order valence-corrected chi connectivity index (χ4v) is 4.54. The molecule has 1 saturated heterocycles. The molecule has 0 bridgehead atoms. The van der Waals surface area contributed by atoms with Crippen molar-refractivity contribution in [3.8, 4) is 11.8 Å². The molecule has 1 heterocycles. The fraction of sp³-hybridized carbons (Fsp3) is 0.379. The van der Waals surface area contributed by atoms with E-state index in [9.17, 15) is 4.79 Å². The predicted octanol–water partition coefficient (Wildman–Crippen LogP) is 6.23. The number of amides is 1. The van der Waals surface area contributed by atoms with Crippen LogP contribution in [0.4, 0.5) is 5.69 Å². The number of rotatable bonds is 9. The van der Waals surface area contributed by atoms with Crippen molar-refractivity contribution in [2.75, 3.05) is 24.6 Å². The topological polar surface area (TPSA) is 74.0 Å². The van der Waals surface area contributed by atoms with Crippen LogP contribution in [0.1, 0.15) is 63.5 Å². The highest BCUT2D eigenvalue weighted by Crippen LogP contribution is 2.35. The van der Waals surface area contributed by atoms with Crippen LogP contribution >= 0.6 is 23.2 Å². The van der Waals surface area contributed by atoms with Crippen LogP contribution in [-0.4, -0.2) is 36.8 Å². The van der Waals surface area contributed by atoms with E-state index in [0.29, 0.717) is 22.3 Å². The van der Waals surface area contributed by atoms with Gasteiger partial charge in [-0.2, -0.15) is 5.10 Å². The highest BCUT2D eigenvalue weighted by Gasteiger charge is 2.19. The molecule has 3 N–H and O–H groups in total. The molecule has 1 aliphatic heterocycles. The van der Waals surface area contributed by atoms with Crippen molar-refractivity contribution < 1.29 is 4.79 Å². The lowest BCUT2D eigenvalue weighted by Crippen LogP contribution is -2.45. The van der Waals surface area contributed by atoms with E-state index in [4.69, 9.17) is 28.9 Å². The highest BCUT2D eigenvalue weighted by molar-refractivity contribution is 6.36. The zero-order valence-electron chi connectivity index (χ0n) is 21.6. The Balaban J connectivity index is 1.89. The molecule has 0 aromatic heterocycles. The number of piperidine rings is 1. The molecule has 2 aromatic carbocycles. The lowest BCUT2D eigenvalue weighted by molar-refractivity contribution is -0.119. The number of hydrazine groups is 1. The lowest BCUT2D eigenvalue weighted by Gasteiger charge is -2.27. The van der Waals surface area contributed by atoms with Gasteiger partial charge < -0.3 is 5.73 Å². The molecule has 37 heavy (non-hydrogen) atoms. The molecule has 1 aliphatic rings.